The fraction of sp³-hybridized carbons (Fsp3) is 0.368. The Morgan fingerprint density at radius 3 is 2.88 bits per heavy atom. The zero-order valence-corrected chi connectivity index (χ0v) is 15.8. The van der Waals surface area contributed by atoms with Crippen LogP contribution in [-0.2, 0) is 6.54 Å². The van der Waals surface area contributed by atoms with Crippen molar-refractivity contribution in [1.82, 2.24) is 14.9 Å². The van der Waals surface area contributed by atoms with Crippen molar-refractivity contribution < 1.29 is 0 Å². The molecule has 0 radical (unpaired) electrons. The molecule has 0 unspecified atom stereocenters. The monoisotopic (exact) mass is 368 g/mol. The van der Waals surface area contributed by atoms with Gasteiger partial charge in [-0.05, 0) is 57.8 Å². The average Bonchev–Trinajstić information content (AvgIpc) is 3.27. The van der Waals surface area contributed by atoms with Crippen LogP contribution < -0.4 is 5.84 Å². The van der Waals surface area contributed by atoms with E-state index in [4.69, 9.17) is 5.84 Å². The lowest BCUT2D eigenvalue weighted by Crippen LogP contribution is -2.35. The Hall–Kier alpha value is -2.22. The van der Waals surface area contributed by atoms with Gasteiger partial charge in [0.2, 0.25) is 0 Å². The Morgan fingerprint density at radius 1 is 1.38 bits per heavy atom. The van der Waals surface area contributed by atoms with Crippen molar-refractivity contribution in [3.8, 4) is 0 Å². The number of aliphatic imine (C=N–C) groups is 2. The lowest BCUT2D eigenvalue weighted by atomic mass is 9.91. The van der Waals surface area contributed by atoms with E-state index in [9.17, 15) is 0 Å². The number of nitrogens with two attached hydrogens (primary N) is 1. The van der Waals surface area contributed by atoms with Crippen LogP contribution in [0.15, 0.2) is 40.1 Å². The maximum atomic E-state index is 6.18. The normalized spacial score (nSPS) is 20.3. The molecule has 1 saturated heterocycles. The Balaban J connectivity index is 1.51. The summed E-state index contributed by atoms with van der Waals surface area (Å²) in [7, 11) is 0. The number of aryl methyl sites for hydroxylation is 1. The van der Waals surface area contributed by atoms with Gasteiger partial charge in [0.15, 0.2) is 0 Å². The number of hydrazine groups is 1. The molecule has 1 fully saturated rings. The van der Waals surface area contributed by atoms with Crippen LogP contribution in [-0.4, -0.2) is 41.0 Å². The van der Waals surface area contributed by atoms with Crippen LogP contribution >= 0.6 is 11.3 Å². The molecule has 4 heterocycles. The summed E-state index contributed by atoms with van der Waals surface area (Å²) >= 11 is 1.89. The number of aromatic amines is 1. The molecule has 0 atom stereocenters. The van der Waals surface area contributed by atoms with Gasteiger partial charge in [0.05, 0.1) is 11.4 Å². The molecule has 26 heavy (non-hydrogen) atoms. The maximum absolute atomic E-state index is 6.18. The van der Waals surface area contributed by atoms with Gasteiger partial charge in [0.1, 0.15) is 12.2 Å². The van der Waals surface area contributed by atoms with Crippen LogP contribution in [0.25, 0.3) is 5.70 Å². The first-order chi connectivity index (χ1) is 12.7. The van der Waals surface area contributed by atoms with Gasteiger partial charge in [-0.15, -0.1) is 11.3 Å². The second-order valence-corrected chi connectivity index (χ2v) is 8.22. The lowest BCUT2D eigenvalue weighted by Gasteiger charge is -2.33. The highest BCUT2D eigenvalue weighted by atomic mass is 32.1. The van der Waals surface area contributed by atoms with Crippen LogP contribution in [0.5, 0.6) is 0 Å². The van der Waals surface area contributed by atoms with Crippen LogP contribution in [0, 0.1) is 12.8 Å². The van der Waals surface area contributed by atoms with Crippen molar-refractivity contribution in [1.29, 1.82) is 0 Å². The molecule has 2 aliphatic rings. The number of piperidine rings is 1. The van der Waals surface area contributed by atoms with Crippen molar-refractivity contribution in [2.75, 3.05) is 13.1 Å². The van der Waals surface area contributed by atoms with Crippen molar-refractivity contribution in [3.63, 3.8) is 0 Å². The van der Waals surface area contributed by atoms with Gasteiger partial charge >= 0.3 is 0 Å². The zero-order chi connectivity index (χ0) is 18.1. The van der Waals surface area contributed by atoms with Gasteiger partial charge in [-0.25, -0.2) is 10.8 Å². The van der Waals surface area contributed by atoms with E-state index in [-0.39, 0.29) is 0 Å². The summed E-state index contributed by atoms with van der Waals surface area (Å²) in [4.78, 5) is 17.2. The molecule has 0 aliphatic carbocycles. The number of likely N-dealkylation sites (tertiary alicyclic amines) is 1. The van der Waals surface area contributed by atoms with Crippen molar-refractivity contribution in [2.45, 2.75) is 26.3 Å². The number of fused-ring (bicyclic) bond motifs is 1. The third kappa shape index (κ3) is 3.25. The molecule has 0 saturated carbocycles. The van der Waals surface area contributed by atoms with Crippen LogP contribution in [0.4, 0.5) is 5.82 Å². The molecular formula is C19H24N6S. The first kappa shape index (κ1) is 17.2. The fourth-order valence-electron chi connectivity index (χ4n) is 3.80. The predicted molar refractivity (Wildman–Crippen MR) is 108 cm³/mol. The molecule has 3 N–H and O–H groups in total. The summed E-state index contributed by atoms with van der Waals surface area (Å²) in [6, 6.07) is 6.44. The first-order valence-corrected chi connectivity index (χ1v) is 9.72. The highest BCUT2D eigenvalue weighted by Crippen LogP contribution is 2.37. The van der Waals surface area contributed by atoms with Gasteiger partial charge in [-0.2, -0.15) is 0 Å². The standard InChI is InChI=1S/C19H24N6S/c1-13-3-4-15(26-13)11-24-9-6-14(7-10-24)17(21-2)18-16-5-8-22-19(16)23-12-25(18)20/h3-5,8,12,14,22H,2,6-7,9-11,20H2,1H3/b18-17-. The molecule has 4 rings (SSSR count). The molecule has 0 amide bonds. The molecular weight excluding hydrogens is 344 g/mol. The minimum atomic E-state index is 0.365. The number of hydrogen-bond acceptors (Lipinski definition) is 6. The molecule has 0 bridgehead atoms. The smallest absolute Gasteiger partial charge is 0.141 e. The first-order valence-electron chi connectivity index (χ1n) is 8.90. The third-order valence-corrected chi connectivity index (χ3v) is 6.10. The van der Waals surface area contributed by atoms with Gasteiger partial charge in [0, 0.05) is 34.0 Å². The van der Waals surface area contributed by atoms with E-state index < -0.39 is 0 Å². The van der Waals surface area contributed by atoms with E-state index in [1.54, 1.807) is 11.3 Å². The van der Waals surface area contributed by atoms with Crippen LogP contribution in [0.2, 0.25) is 0 Å². The van der Waals surface area contributed by atoms with E-state index in [2.05, 4.69) is 45.6 Å². The average molecular weight is 369 g/mol. The molecule has 7 heteroatoms. The van der Waals surface area contributed by atoms with Crippen molar-refractivity contribution in [2.24, 2.45) is 21.7 Å². The number of thiophene rings is 1. The SMILES string of the molecule is C=N/C(=C1/c2cc[nH]c2N=CN1N)C1CCN(Cc2ccc(C)s2)CC1. The number of allylic oxidation sites excluding steroid dienone is 1. The number of nitrogens with one attached hydrogen (secondary N) is 1. The summed E-state index contributed by atoms with van der Waals surface area (Å²) < 4.78 is 0. The molecule has 2 aromatic rings. The minimum Gasteiger partial charge on any atom is -0.346 e. The van der Waals surface area contributed by atoms with E-state index >= 15 is 0 Å². The summed E-state index contributed by atoms with van der Waals surface area (Å²) in [5.41, 5.74) is 2.89. The molecule has 6 nitrogen and oxygen atoms in total. The molecule has 2 aromatic heterocycles. The molecule has 0 aromatic carbocycles. The highest BCUT2D eigenvalue weighted by molar-refractivity contribution is 7.11. The van der Waals surface area contributed by atoms with Gasteiger partial charge < -0.3 is 4.98 Å². The summed E-state index contributed by atoms with van der Waals surface area (Å²) in [6.07, 6.45) is 5.64. The maximum Gasteiger partial charge on any atom is 0.141 e. The minimum absolute atomic E-state index is 0.365. The van der Waals surface area contributed by atoms with E-state index in [1.807, 2.05) is 23.6 Å². The molecule has 0 spiro atoms. The topological polar surface area (TPSA) is 73.0 Å². The second-order valence-electron chi connectivity index (χ2n) is 6.85. The number of aromatic nitrogens is 1. The molecule has 136 valence electrons. The Bertz CT molecular complexity index is 853. The fourth-order valence-corrected chi connectivity index (χ4v) is 4.73. The van der Waals surface area contributed by atoms with E-state index in [0.29, 0.717) is 5.92 Å². The van der Waals surface area contributed by atoms with Gasteiger partial charge in [-0.3, -0.25) is 14.9 Å². The van der Waals surface area contributed by atoms with E-state index in [0.717, 1.165) is 55.3 Å². The Morgan fingerprint density at radius 2 is 2.19 bits per heavy atom. The van der Waals surface area contributed by atoms with Gasteiger partial charge in [-0.1, -0.05) is 0 Å². The Kier molecular flexibility index (Phi) is 4.76. The highest BCUT2D eigenvalue weighted by Gasteiger charge is 2.28. The van der Waals surface area contributed by atoms with Crippen LogP contribution in [0.1, 0.15) is 28.2 Å². The Labute approximate surface area is 157 Å². The summed E-state index contributed by atoms with van der Waals surface area (Å²) in [6.45, 7) is 9.16. The summed E-state index contributed by atoms with van der Waals surface area (Å²) in [5.74, 6) is 7.38. The van der Waals surface area contributed by atoms with Crippen molar-refractivity contribution >= 4 is 35.9 Å². The number of nitrogens with zero attached hydrogens (tertiary/aromatic N) is 4. The second kappa shape index (κ2) is 7.19. The number of hydrogen-bond donors (Lipinski definition) is 2. The van der Waals surface area contributed by atoms with Crippen LogP contribution in [0.3, 0.4) is 0 Å². The lowest BCUT2D eigenvalue weighted by molar-refractivity contribution is 0.192. The predicted octanol–water partition coefficient (Wildman–Crippen LogP) is 3.52. The van der Waals surface area contributed by atoms with Crippen molar-refractivity contribution in [3.05, 3.63) is 45.4 Å². The summed E-state index contributed by atoms with van der Waals surface area (Å²) in [5, 5.41) is 1.57. The van der Waals surface area contributed by atoms with E-state index in [1.165, 1.54) is 9.75 Å². The van der Waals surface area contributed by atoms with Gasteiger partial charge in [0.25, 0.3) is 0 Å². The quantitative estimate of drug-likeness (QED) is 0.641. The third-order valence-electron chi connectivity index (χ3n) is 5.11. The molecule has 2 aliphatic heterocycles. The number of rotatable bonds is 4. The zero-order valence-electron chi connectivity index (χ0n) is 15.0. The largest absolute Gasteiger partial charge is 0.346 e. The number of H-pyrrole nitrogens is 1.